The summed E-state index contributed by atoms with van der Waals surface area (Å²) in [6, 6.07) is 10.6. The van der Waals surface area contributed by atoms with Gasteiger partial charge < -0.3 is 5.11 Å². The largest absolute Gasteiger partial charge is 0.478 e. The van der Waals surface area contributed by atoms with Crippen LogP contribution < -0.4 is 0 Å². The fourth-order valence-electron chi connectivity index (χ4n) is 2.43. The minimum Gasteiger partial charge on any atom is -0.478 e. The molecule has 1 saturated heterocycles. The first-order valence-electron chi connectivity index (χ1n) is 7.92. The van der Waals surface area contributed by atoms with Crippen molar-refractivity contribution in [2.24, 2.45) is 4.99 Å². The van der Waals surface area contributed by atoms with Crippen molar-refractivity contribution in [2.45, 2.75) is 6.18 Å². The fraction of sp³-hybridized carbons (Fsp3) is 0.105. The standard InChI is InChI=1S/C19H13F3N2O3S/c1-24-16(25)15(9-11-4-2-6-13(8-11)19(20,21)22)28-18(24)23-14-7-3-5-12(10-14)17(26)27/h2-10H,1H3,(H,26,27)/b15-9-,23-18?. The van der Waals surface area contributed by atoms with Crippen molar-refractivity contribution in [1.82, 2.24) is 4.90 Å². The minimum atomic E-state index is -4.47. The molecule has 1 fully saturated rings. The maximum atomic E-state index is 12.9. The maximum absolute atomic E-state index is 12.9. The third-order valence-corrected chi connectivity index (χ3v) is 4.89. The summed E-state index contributed by atoms with van der Waals surface area (Å²) >= 11 is 1.00. The summed E-state index contributed by atoms with van der Waals surface area (Å²) in [5.74, 6) is -1.51. The van der Waals surface area contributed by atoms with Crippen LogP contribution >= 0.6 is 11.8 Å². The van der Waals surface area contributed by atoms with Gasteiger partial charge in [0.2, 0.25) is 0 Å². The van der Waals surface area contributed by atoms with Crippen LogP contribution in [-0.4, -0.2) is 34.1 Å². The number of rotatable bonds is 3. The van der Waals surface area contributed by atoms with Crippen LogP contribution in [0.25, 0.3) is 6.08 Å². The number of alkyl halides is 3. The number of amidine groups is 1. The highest BCUT2D eigenvalue weighted by molar-refractivity contribution is 8.18. The number of thioether (sulfide) groups is 1. The molecule has 5 nitrogen and oxygen atoms in total. The van der Waals surface area contributed by atoms with Crippen molar-refractivity contribution in [3.05, 3.63) is 70.1 Å². The first-order chi connectivity index (χ1) is 13.1. The number of aromatic carboxylic acids is 1. The number of likely N-dealkylation sites (N-methyl/N-ethyl adjacent to an activating group) is 1. The van der Waals surface area contributed by atoms with Crippen LogP contribution in [0, 0.1) is 0 Å². The monoisotopic (exact) mass is 406 g/mol. The second-order valence-corrected chi connectivity index (χ2v) is 6.86. The molecule has 3 rings (SSSR count). The van der Waals surface area contributed by atoms with Gasteiger partial charge in [-0.2, -0.15) is 13.2 Å². The van der Waals surface area contributed by atoms with Crippen LogP contribution in [0.4, 0.5) is 18.9 Å². The summed E-state index contributed by atoms with van der Waals surface area (Å²) in [5, 5.41) is 9.34. The molecule has 144 valence electrons. The number of carboxylic acids is 1. The molecule has 0 spiro atoms. The molecular weight excluding hydrogens is 393 g/mol. The SMILES string of the molecule is CN1C(=O)/C(=C/c2cccc(C(F)(F)F)c2)SC1=Nc1cccc(C(=O)O)c1. The van der Waals surface area contributed by atoms with E-state index >= 15 is 0 Å². The van der Waals surface area contributed by atoms with E-state index in [9.17, 15) is 22.8 Å². The third-order valence-electron chi connectivity index (χ3n) is 3.83. The summed E-state index contributed by atoms with van der Waals surface area (Å²) < 4.78 is 38.6. The van der Waals surface area contributed by atoms with Gasteiger partial charge in [0.15, 0.2) is 5.17 Å². The summed E-state index contributed by atoms with van der Waals surface area (Å²) in [7, 11) is 1.49. The molecule has 0 aliphatic carbocycles. The smallest absolute Gasteiger partial charge is 0.416 e. The molecule has 0 saturated carbocycles. The van der Waals surface area contributed by atoms with E-state index in [4.69, 9.17) is 5.11 Å². The highest BCUT2D eigenvalue weighted by Crippen LogP contribution is 2.34. The predicted molar refractivity (Wildman–Crippen MR) is 100 cm³/mol. The van der Waals surface area contributed by atoms with Gasteiger partial charge in [0.1, 0.15) is 0 Å². The van der Waals surface area contributed by atoms with Crippen molar-refractivity contribution in [3.63, 3.8) is 0 Å². The Kier molecular flexibility index (Phi) is 5.28. The lowest BCUT2D eigenvalue weighted by Gasteiger charge is -2.07. The fourth-order valence-corrected chi connectivity index (χ4v) is 3.41. The van der Waals surface area contributed by atoms with Crippen LogP contribution in [0.15, 0.2) is 58.4 Å². The van der Waals surface area contributed by atoms with E-state index in [0.29, 0.717) is 10.9 Å². The highest BCUT2D eigenvalue weighted by atomic mass is 32.2. The first kappa shape index (κ1) is 19.7. The average molecular weight is 406 g/mol. The average Bonchev–Trinajstić information content (AvgIpc) is 2.89. The van der Waals surface area contributed by atoms with Crippen LogP contribution in [-0.2, 0) is 11.0 Å². The van der Waals surface area contributed by atoms with E-state index in [2.05, 4.69) is 4.99 Å². The summed E-state index contributed by atoms with van der Waals surface area (Å²) in [6.45, 7) is 0. The molecule has 1 aliphatic heterocycles. The van der Waals surface area contributed by atoms with Crippen molar-refractivity contribution in [1.29, 1.82) is 0 Å². The molecule has 28 heavy (non-hydrogen) atoms. The zero-order chi connectivity index (χ0) is 20.5. The maximum Gasteiger partial charge on any atom is 0.416 e. The van der Waals surface area contributed by atoms with Gasteiger partial charge in [-0.3, -0.25) is 9.69 Å². The number of carbonyl (C=O) groups excluding carboxylic acids is 1. The van der Waals surface area contributed by atoms with Crippen LogP contribution in [0.2, 0.25) is 0 Å². The number of hydrogen-bond acceptors (Lipinski definition) is 4. The van der Waals surface area contributed by atoms with Gasteiger partial charge in [-0.15, -0.1) is 0 Å². The van der Waals surface area contributed by atoms with Crippen molar-refractivity contribution < 1.29 is 27.9 Å². The molecule has 1 amide bonds. The Hall–Kier alpha value is -3.07. The summed E-state index contributed by atoms with van der Waals surface area (Å²) in [6.07, 6.45) is -3.10. The number of benzene rings is 2. The molecule has 9 heteroatoms. The third kappa shape index (κ3) is 4.25. The van der Waals surface area contributed by atoms with E-state index in [1.165, 1.54) is 48.4 Å². The normalized spacial score (nSPS) is 17.6. The second kappa shape index (κ2) is 7.51. The van der Waals surface area contributed by atoms with Crippen LogP contribution in [0.5, 0.6) is 0 Å². The van der Waals surface area contributed by atoms with E-state index < -0.39 is 23.6 Å². The van der Waals surface area contributed by atoms with Gasteiger partial charge in [0, 0.05) is 7.05 Å². The Morgan fingerprint density at radius 2 is 1.89 bits per heavy atom. The number of aliphatic imine (C=N–C) groups is 1. The lowest BCUT2D eigenvalue weighted by molar-refractivity contribution is -0.137. The molecular formula is C19H13F3N2O3S. The van der Waals surface area contributed by atoms with Gasteiger partial charge in [0.25, 0.3) is 5.91 Å². The number of carboxylic acid groups (broad SMARTS) is 1. The van der Waals surface area contributed by atoms with E-state index in [1.807, 2.05) is 0 Å². The Bertz CT molecular complexity index is 1020. The molecule has 0 aromatic heterocycles. The zero-order valence-electron chi connectivity index (χ0n) is 14.4. The molecule has 0 unspecified atom stereocenters. The van der Waals surface area contributed by atoms with Gasteiger partial charge in [-0.1, -0.05) is 18.2 Å². The molecule has 0 atom stereocenters. The van der Waals surface area contributed by atoms with Gasteiger partial charge in [-0.25, -0.2) is 9.79 Å². The van der Waals surface area contributed by atoms with E-state index in [0.717, 1.165) is 23.9 Å². The van der Waals surface area contributed by atoms with Crippen LogP contribution in [0.3, 0.4) is 0 Å². The van der Waals surface area contributed by atoms with E-state index in [1.54, 1.807) is 6.07 Å². The quantitative estimate of drug-likeness (QED) is 0.754. The first-order valence-corrected chi connectivity index (χ1v) is 8.74. The lowest BCUT2D eigenvalue weighted by atomic mass is 10.1. The molecule has 1 heterocycles. The van der Waals surface area contributed by atoms with Gasteiger partial charge in [-0.05, 0) is 53.7 Å². The number of halogens is 3. The molecule has 1 aliphatic rings. The molecule has 1 N–H and O–H groups in total. The molecule has 0 bridgehead atoms. The Morgan fingerprint density at radius 3 is 2.57 bits per heavy atom. The van der Waals surface area contributed by atoms with Crippen molar-refractivity contribution in [3.8, 4) is 0 Å². The number of nitrogens with zero attached hydrogens (tertiary/aromatic N) is 2. The minimum absolute atomic E-state index is 0.0542. The summed E-state index contributed by atoms with van der Waals surface area (Å²) in [4.78, 5) is 29.2. The Balaban J connectivity index is 1.91. The predicted octanol–water partition coefficient (Wildman–Crippen LogP) is 4.64. The summed E-state index contributed by atoms with van der Waals surface area (Å²) in [5.41, 5.74) is -0.154. The molecule has 2 aromatic carbocycles. The van der Waals surface area contributed by atoms with Gasteiger partial charge >= 0.3 is 12.1 Å². The lowest BCUT2D eigenvalue weighted by Crippen LogP contribution is -2.23. The highest BCUT2D eigenvalue weighted by Gasteiger charge is 2.32. The Morgan fingerprint density at radius 1 is 1.18 bits per heavy atom. The number of hydrogen-bond donors (Lipinski definition) is 1. The van der Waals surface area contributed by atoms with E-state index in [-0.39, 0.29) is 16.0 Å². The number of amides is 1. The van der Waals surface area contributed by atoms with Gasteiger partial charge in [0.05, 0.1) is 21.7 Å². The second-order valence-electron chi connectivity index (χ2n) is 5.85. The number of carbonyl (C=O) groups is 2. The Labute approximate surface area is 162 Å². The van der Waals surface area contributed by atoms with Crippen LogP contribution in [0.1, 0.15) is 21.5 Å². The van der Waals surface area contributed by atoms with Crippen molar-refractivity contribution >= 4 is 40.6 Å². The molecule has 0 radical (unpaired) electrons. The topological polar surface area (TPSA) is 70.0 Å². The zero-order valence-corrected chi connectivity index (χ0v) is 15.2. The van der Waals surface area contributed by atoms with Crippen molar-refractivity contribution in [2.75, 3.05) is 7.05 Å². The molecule has 2 aromatic rings.